The molecule has 6 heteroatoms. The molecule has 0 spiro atoms. The number of fused-ring (bicyclic) bond motifs is 1. The first-order valence-electron chi connectivity index (χ1n) is 9.19. The maximum absolute atomic E-state index is 12.3. The van der Waals surface area contributed by atoms with Crippen molar-refractivity contribution in [1.82, 2.24) is 15.2 Å². The Balaban J connectivity index is 1.57. The molecule has 4 rings (SSSR count). The van der Waals surface area contributed by atoms with Crippen molar-refractivity contribution >= 4 is 33.9 Å². The zero-order valence-corrected chi connectivity index (χ0v) is 15.5. The van der Waals surface area contributed by atoms with Crippen LogP contribution in [0.1, 0.15) is 31.2 Å². The fraction of sp³-hybridized carbons (Fsp3) is 0.182. The SMILES string of the molecule is CC(=O)C1=CC=C(c2n[nH]c3ccc(NC(=O)Cc4ccccn4)cc23)CC1. The Morgan fingerprint density at radius 1 is 1.14 bits per heavy atom. The number of Topliss-reactive ketones (excluding diaryl/α,β-unsaturated/α-hetero) is 1. The van der Waals surface area contributed by atoms with Gasteiger partial charge in [0.1, 0.15) is 0 Å². The van der Waals surface area contributed by atoms with Gasteiger partial charge in [-0.25, -0.2) is 0 Å². The number of allylic oxidation sites excluding steroid dienone is 4. The highest BCUT2D eigenvalue weighted by atomic mass is 16.1. The molecule has 2 N–H and O–H groups in total. The van der Waals surface area contributed by atoms with Gasteiger partial charge in [-0.05, 0) is 61.2 Å². The summed E-state index contributed by atoms with van der Waals surface area (Å²) in [6.45, 7) is 1.59. The molecule has 1 amide bonds. The predicted octanol–water partition coefficient (Wildman–Crippen LogP) is 3.83. The molecular formula is C22H20N4O2. The molecule has 1 aromatic carbocycles. The third-order valence-corrected chi connectivity index (χ3v) is 4.82. The summed E-state index contributed by atoms with van der Waals surface area (Å²) in [5.74, 6) is -0.00546. The van der Waals surface area contributed by atoms with Crippen LogP contribution in [0.4, 0.5) is 5.69 Å². The van der Waals surface area contributed by atoms with E-state index >= 15 is 0 Å². The van der Waals surface area contributed by atoms with Crippen LogP contribution >= 0.6 is 0 Å². The minimum Gasteiger partial charge on any atom is -0.326 e. The second-order valence-corrected chi connectivity index (χ2v) is 6.82. The van der Waals surface area contributed by atoms with Crippen molar-refractivity contribution < 1.29 is 9.59 Å². The number of nitrogens with one attached hydrogen (secondary N) is 2. The highest BCUT2D eigenvalue weighted by Crippen LogP contribution is 2.31. The van der Waals surface area contributed by atoms with Crippen LogP contribution in [-0.4, -0.2) is 26.9 Å². The number of nitrogens with zero attached hydrogens (tertiary/aromatic N) is 2. The van der Waals surface area contributed by atoms with Gasteiger partial charge in [0.2, 0.25) is 5.91 Å². The van der Waals surface area contributed by atoms with Gasteiger partial charge < -0.3 is 5.32 Å². The molecule has 3 aromatic rings. The summed E-state index contributed by atoms with van der Waals surface area (Å²) in [5, 5.41) is 11.4. The summed E-state index contributed by atoms with van der Waals surface area (Å²) < 4.78 is 0. The van der Waals surface area contributed by atoms with Crippen LogP contribution in [0, 0.1) is 0 Å². The van der Waals surface area contributed by atoms with Gasteiger partial charge in [0.15, 0.2) is 5.78 Å². The normalized spacial score (nSPS) is 13.8. The summed E-state index contributed by atoms with van der Waals surface area (Å²) in [6, 6.07) is 11.2. The maximum Gasteiger partial charge on any atom is 0.230 e. The number of carbonyl (C=O) groups excluding carboxylic acids is 2. The van der Waals surface area contributed by atoms with Crippen molar-refractivity contribution in [2.24, 2.45) is 0 Å². The summed E-state index contributed by atoms with van der Waals surface area (Å²) in [4.78, 5) is 28.0. The summed E-state index contributed by atoms with van der Waals surface area (Å²) >= 11 is 0. The fourth-order valence-electron chi connectivity index (χ4n) is 3.34. The van der Waals surface area contributed by atoms with E-state index in [2.05, 4.69) is 20.5 Å². The van der Waals surface area contributed by atoms with Crippen LogP contribution in [0.5, 0.6) is 0 Å². The predicted molar refractivity (Wildman–Crippen MR) is 109 cm³/mol. The Hall–Kier alpha value is -3.54. The topological polar surface area (TPSA) is 87.7 Å². The second kappa shape index (κ2) is 7.60. The molecule has 0 bridgehead atoms. The first-order valence-corrected chi connectivity index (χ1v) is 9.19. The van der Waals surface area contributed by atoms with Crippen molar-refractivity contribution in [2.75, 3.05) is 5.32 Å². The molecule has 0 fully saturated rings. The fourth-order valence-corrected chi connectivity index (χ4v) is 3.34. The zero-order valence-electron chi connectivity index (χ0n) is 15.5. The Bertz CT molecular complexity index is 1110. The number of hydrogen-bond donors (Lipinski definition) is 2. The first kappa shape index (κ1) is 17.9. The highest BCUT2D eigenvalue weighted by molar-refractivity contribution is 5.99. The van der Waals surface area contributed by atoms with Crippen molar-refractivity contribution in [3.63, 3.8) is 0 Å². The largest absolute Gasteiger partial charge is 0.326 e. The zero-order chi connectivity index (χ0) is 19.5. The molecule has 28 heavy (non-hydrogen) atoms. The van der Waals surface area contributed by atoms with Crippen LogP contribution in [0.2, 0.25) is 0 Å². The average Bonchev–Trinajstić information content (AvgIpc) is 3.12. The number of hydrogen-bond acceptors (Lipinski definition) is 4. The van der Waals surface area contributed by atoms with E-state index < -0.39 is 0 Å². The van der Waals surface area contributed by atoms with Gasteiger partial charge in [0.25, 0.3) is 0 Å². The lowest BCUT2D eigenvalue weighted by molar-refractivity contribution is -0.115. The van der Waals surface area contributed by atoms with Crippen molar-refractivity contribution in [2.45, 2.75) is 26.2 Å². The molecule has 1 aliphatic rings. The molecule has 1 aliphatic carbocycles. The van der Waals surface area contributed by atoms with Gasteiger partial charge >= 0.3 is 0 Å². The molecule has 0 atom stereocenters. The van der Waals surface area contributed by atoms with E-state index in [0.29, 0.717) is 5.69 Å². The smallest absolute Gasteiger partial charge is 0.230 e. The monoisotopic (exact) mass is 372 g/mol. The van der Waals surface area contributed by atoms with E-state index in [9.17, 15) is 9.59 Å². The number of aromatic nitrogens is 3. The highest BCUT2D eigenvalue weighted by Gasteiger charge is 2.16. The van der Waals surface area contributed by atoms with Gasteiger partial charge in [0.05, 0.1) is 17.6 Å². The Labute approximate surface area is 162 Å². The molecular weight excluding hydrogens is 352 g/mol. The average molecular weight is 372 g/mol. The number of benzene rings is 1. The molecule has 0 unspecified atom stereocenters. The van der Waals surface area contributed by atoms with E-state index in [1.165, 1.54) is 0 Å². The molecule has 0 radical (unpaired) electrons. The molecule has 140 valence electrons. The number of aromatic amines is 1. The van der Waals surface area contributed by atoms with Crippen molar-refractivity contribution in [3.8, 4) is 0 Å². The van der Waals surface area contributed by atoms with Gasteiger partial charge in [-0.1, -0.05) is 18.2 Å². The van der Waals surface area contributed by atoms with E-state index in [-0.39, 0.29) is 18.1 Å². The lowest BCUT2D eigenvalue weighted by Crippen LogP contribution is -2.15. The Morgan fingerprint density at radius 2 is 2.04 bits per heavy atom. The minimum atomic E-state index is -0.117. The Kier molecular flexibility index (Phi) is 4.85. The number of ketones is 1. The molecule has 2 aromatic heterocycles. The molecule has 6 nitrogen and oxygen atoms in total. The molecule has 0 saturated heterocycles. The number of amides is 1. The quantitative estimate of drug-likeness (QED) is 0.712. The standard InChI is InChI=1S/C22H20N4O2/c1-14(27)15-5-7-16(8-6-15)22-19-12-18(9-10-20(19)25-26-22)24-21(28)13-17-4-2-3-11-23-17/h2-5,7,9-12H,6,8,13H2,1H3,(H,24,28)(H,25,26). The number of carbonyl (C=O) groups is 2. The van der Waals surface area contributed by atoms with Crippen LogP contribution in [0.15, 0.2) is 60.3 Å². The lowest BCUT2D eigenvalue weighted by atomic mass is 9.93. The van der Waals surface area contributed by atoms with E-state index in [0.717, 1.165) is 46.3 Å². The third-order valence-electron chi connectivity index (χ3n) is 4.82. The van der Waals surface area contributed by atoms with Crippen molar-refractivity contribution in [3.05, 3.63) is 71.7 Å². The molecule has 0 aliphatic heterocycles. The molecule has 0 saturated carbocycles. The minimum absolute atomic E-state index is 0.111. The summed E-state index contributed by atoms with van der Waals surface area (Å²) in [7, 11) is 0. The number of rotatable bonds is 5. The maximum atomic E-state index is 12.3. The molecule has 2 heterocycles. The third kappa shape index (κ3) is 3.76. The van der Waals surface area contributed by atoms with Gasteiger partial charge in [0, 0.05) is 23.0 Å². The van der Waals surface area contributed by atoms with Gasteiger partial charge in [-0.3, -0.25) is 19.7 Å². The summed E-state index contributed by atoms with van der Waals surface area (Å²) in [5.41, 5.74) is 5.12. The van der Waals surface area contributed by atoms with E-state index in [1.54, 1.807) is 13.1 Å². The first-order chi connectivity index (χ1) is 13.6. The van der Waals surface area contributed by atoms with Crippen LogP contribution < -0.4 is 5.32 Å². The van der Waals surface area contributed by atoms with Gasteiger partial charge in [-0.15, -0.1) is 0 Å². The van der Waals surface area contributed by atoms with Crippen LogP contribution in [-0.2, 0) is 16.0 Å². The van der Waals surface area contributed by atoms with E-state index in [4.69, 9.17) is 0 Å². The van der Waals surface area contributed by atoms with E-state index in [1.807, 2.05) is 48.6 Å². The van der Waals surface area contributed by atoms with Gasteiger partial charge in [-0.2, -0.15) is 5.10 Å². The number of H-pyrrole nitrogens is 1. The second-order valence-electron chi connectivity index (χ2n) is 6.82. The lowest BCUT2D eigenvalue weighted by Gasteiger charge is -2.12. The number of pyridine rings is 1. The van der Waals surface area contributed by atoms with Crippen molar-refractivity contribution in [1.29, 1.82) is 0 Å². The van der Waals surface area contributed by atoms with Crippen LogP contribution in [0.25, 0.3) is 16.5 Å². The summed E-state index contributed by atoms with van der Waals surface area (Å²) in [6.07, 6.45) is 7.22. The van der Waals surface area contributed by atoms with Crippen LogP contribution in [0.3, 0.4) is 0 Å². The number of anilines is 1. The Morgan fingerprint density at radius 3 is 2.75 bits per heavy atom.